The minimum absolute atomic E-state index is 0.106. The second-order valence-corrected chi connectivity index (χ2v) is 6.09. The average molecular weight is 316 g/mol. The molecule has 3 rings (SSSR count). The second kappa shape index (κ2) is 6.19. The maximum atomic E-state index is 13.5. The van der Waals surface area contributed by atoms with E-state index in [0.717, 1.165) is 10.5 Å². The van der Waals surface area contributed by atoms with Crippen LogP contribution >= 0.6 is 11.8 Å². The summed E-state index contributed by atoms with van der Waals surface area (Å²) in [5, 5.41) is -0.293. The van der Waals surface area contributed by atoms with Crippen LogP contribution < -0.4 is 10.9 Å². The number of nitrogens with one attached hydrogen (secondary N) is 2. The predicted molar refractivity (Wildman–Crippen MR) is 81.8 cm³/mol. The molecule has 2 amide bonds. The molecule has 0 fully saturated rings. The van der Waals surface area contributed by atoms with E-state index in [2.05, 4.69) is 10.9 Å². The van der Waals surface area contributed by atoms with Gasteiger partial charge in [0.15, 0.2) is 0 Å². The normalized spacial score (nSPS) is 16.0. The van der Waals surface area contributed by atoms with Gasteiger partial charge in [0.2, 0.25) is 0 Å². The summed E-state index contributed by atoms with van der Waals surface area (Å²) in [5.74, 6) is -1.60. The van der Waals surface area contributed by atoms with Gasteiger partial charge in [-0.3, -0.25) is 20.4 Å². The summed E-state index contributed by atoms with van der Waals surface area (Å²) in [4.78, 5) is 25.0. The lowest BCUT2D eigenvalue weighted by Gasteiger charge is -2.11. The van der Waals surface area contributed by atoms with Gasteiger partial charge in [-0.15, -0.1) is 11.8 Å². The average Bonchev–Trinajstić information content (AvgIpc) is 2.97. The van der Waals surface area contributed by atoms with Crippen LogP contribution in [0.2, 0.25) is 0 Å². The number of rotatable bonds is 2. The summed E-state index contributed by atoms with van der Waals surface area (Å²) < 4.78 is 13.5. The van der Waals surface area contributed by atoms with Gasteiger partial charge in [-0.25, -0.2) is 4.39 Å². The molecule has 0 radical (unpaired) electrons. The van der Waals surface area contributed by atoms with E-state index in [0.29, 0.717) is 6.42 Å². The maximum Gasteiger partial charge on any atom is 0.272 e. The third-order valence-corrected chi connectivity index (χ3v) is 4.67. The van der Waals surface area contributed by atoms with Crippen molar-refractivity contribution in [2.75, 3.05) is 0 Å². The quantitative estimate of drug-likeness (QED) is 0.836. The topological polar surface area (TPSA) is 58.2 Å². The molecule has 2 aromatic carbocycles. The first-order valence-electron chi connectivity index (χ1n) is 6.74. The molecule has 0 bridgehead atoms. The highest BCUT2D eigenvalue weighted by Crippen LogP contribution is 2.36. The zero-order chi connectivity index (χ0) is 15.5. The predicted octanol–water partition coefficient (Wildman–Crippen LogP) is 2.30. The molecule has 0 spiro atoms. The van der Waals surface area contributed by atoms with Crippen molar-refractivity contribution in [3.05, 3.63) is 65.5 Å². The third-order valence-electron chi connectivity index (χ3n) is 3.36. The van der Waals surface area contributed by atoms with Crippen molar-refractivity contribution in [2.24, 2.45) is 0 Å². The van der Waals surface area contributed by atoms with Gasteiger partial charge >= 0.3 is 0 Å². The Bertz CT molecular complexity index is 711. The number of carbonyl (C=O) groups excluding carboxylic acids is 2. The van der Waals surface area contributed by atoms with Crippen molar-refractivity contribution in [3.63, 3.8) is 0 Å². The minimum atomic E-state index is -0.674. The van der Waals surface area contributed by atoms with Gasteiger partial charge < -0.3 is 0 Å². The number of hydrazine groups is 1. The molecule has 22 heavy (non-hydrogen) atoms. The van der Waals surface area contributed by atoms with Gasteiger partial charge in [0.05, 0.1) is 10.8 Å². The Morgan fingerprint density at radius 2 is 1.77 bits per heavy atom. The second-order valence-electron chi connectivity index (χ2n) is 4.84. The van der Waals surface area contributed by atoms with E-state index in [1.165, 1.54) is 30.0 Å². The van der Waals surface area contributed by atoms with Gasteiger partial charge in [0, 0.05) is 4.90 Å². The van der Waals surface area contributed by atoms with Gasteiger partial charge in [0.1, 0.15) is 5.82 Å². The Labute approximate surface area is 131 Å². The number of halogens is 1. The summed E-state index contributed by atoms with van der Waals surface area (Å²) in [7, 11) is 0. The summed E-state index contributed by atoms with van der Waals surface area (Å²) >= 11 is 1.46. The zero-order valence-corrected chi connectivity index (χ0v) is 12.3. The molecule has 1 atom stereocenters. The van der Waals surface area contributed by atoms with Crippen molar-refractivity contribution < 1.29 is 14.0 Å². The minimum Gasteiger partial charge on any atom is -0.272 e. The SMILES string of the molecule is O=C(NNC(=O)C1Cc2ccccc2S1)c1ccccc1F. The highest BCUT2D eigenvalue weighted by molar-refractivity contribution is 8.01. The van der Waals surface area contributed by atoms with Crippen LogP contribution in [0.4, 0.5) is 4.39 Å². The number of hydrogen-bond acceptors (Lipinski definition) is 3. The first-order valence-corrected chi connectivity index (χ1v) is 7.62. The van der Waals surface area contributed by atoms with E-state index in [4.69, 9.17) is 0 Å². The Morgan fingerprint density at radius 1 is 1.05 bits per heavy atom. The number of benzene rings is 2. The standard InChI is InChI=1S/C16H13FN2O2S/c17-12-7-3-2-6-11(12)15(20)18-19-16(21)14-9-10-5-1-4-8-13(10)22-14/h1-8,14H,9H2,(H,18,20)(H,19,21). The fourth-order valence-corrected chi connectivity index (χ4v) is 3.44. The van der Waals surface area contributed by atoms with Crippen LogP contribution in [0.1, 0.15) is 15.9 Å². The summed E-state index contributed by atoms with van der Waals surface area (Å²) in [6.07, 6.45) is 0.613. The van der Waals surface area contributed by atoms with Gasteiger partial charge in [-0.1, -0.05) is 30.3 Å². The highest BCUT2D eigenvalue weighted by atomic mass is 32.2. The van der Waals surface area contributed by atoms with Crippen molar-refractivity contribution >= 4 is 23.6 Å². The molecule has 0 aliphatic carbocycles. The van der Waals surface area contributed by atoms with Crippen molar-refractivity contribution in [2.45, 2.75) is 16.6 Å². The molecule has 1 unspecified atom stereocenters. The Kier molecular flexibility index (Phi) is 4.11. The lowest BCUT2D eigenvalue weighted by molar-refractivity contribution is -0.121. The Morgan fingerprint density at radius 3 is 2.55 bits per heavy atom. The van der Waals surface area contributed by atoms with E-state index in [1.807, 2.05) is 24.3 Å². The molecule has 1 aliphatic heterocycles. The summed E-state index contributed by atoms with van der Waals surface area (Å²) in [5.41, 5.74) is 5.62. The van der Waals surface area contributed by atoms with Crippen LogP contribution in [0.15, 0.2) is 53.4 Å². The van der Waals surface area contributed by atoms with Crippen LogP contribution in [0.3, 0.4) is 0 Å². The van der Waals surface area contributed by atoms with Crippen LogP contribution in [0, 0.1) is 5.82 Å². The molecule has 0 saturated carbocycles. The Balaban J connectivity index is 1.58. The molecular formula is C16H13FN2O2S. The van der Waals surface area contributed by atoms with Crippen molar-refractivity contribution in [1.82, 2.24) is 10.9 Å². The Hall–Kier alpha value is -2.34. The number of hydrogen-bond donors (Lipinski definition) is 2. The molecule has 2 N–H and O–H groups in total. The van der Waals surface area contributed by atoms with Crippen LogP contribution in [0.25, 0.3) is 0 Å². The maximum absolute atomic E-state index is 13.5. The van der Waals surface area contributed by atoms with Crippen molar-refractivity contribution in [3.8, 4) is 0 Å². The third kappa shape index (κ3) is 2.96. The smallest absolute Gasteiger partial charge is 0.272 e. The largest absolute Gasteiger partial charge is 0.272 e. The molecule has 1 aliphatic rings. The molecule has 0 aromatic heterocycles. The van der Waals surface area contributed by atoms with E-state index in [9.17, 15) is 14.0 Å². The highest BCUT2D eigenvalue weighted by Gasteiger charge is 2.28. The molecule has 4 nitrogen and oxygen atoms in total. The van der Waals surface area contributed by atoms with Crippen LogP contribution in [-0.4, -0.2) is 17.1 Å². The monoisotopic (exact) mass is 316 g/mol. The fraction of sp³-hybridized carbons (Fsp3) is 0.125. The first kappa shape index (κ1) is 14.6. The summed E-state index contributed by atoms with van der Waals surface area (Å²) in [6, 6.07) is 13.4. The molecule has 2 aromatic rings. The molecular weight excluding hydrogens is 303 g/mol. The van der Waals surface area contributed by atoms with Gasteiger partial charge in [-0.05, 0) is 30.2 Å². The number of fused-ring (bicyclic) bond motifs is 1. The molecule has 1 heterocycles. The van der Waals surface area contributed by atoms with Crippen LogP contribution in [-0.2, 0) is 11.2 Å². The van der Waals surface area contributed by atoms with Gasteiger partial charge in [-0.2, -0.15) is 0 Å². The van der Waals surface area contributed by atoms with Gasteiger partial charge in [0.25, 0.3) is 11.8 Å². The first-order chi connectivity index (χ1) is 10.6. The van der Waals surface area contributed by atoms with Crippen molar-refractivity contribution in [1.29, 1.82) is 0 Å². The molecule has 0 saturated heterocycles. The number of amides is 2. The van der Waals surface area contributed by atoms with Crippen LogP contribution in [0.5, 0.6) is 0 Å². The van der Waals surface area contributed by atoms with E-state index in [1.54, 1.807) is 6.07 Å². The number of thioether (sulfide) groups is 1. The van der Waals surface area contributed by atoms with E-state index in [-0.39, 0.29) is 16.7 Å². The lowest BCUT2D eigenvalue weighted by atomic mass is 10.1. The fourth-order valence-electron chi connectivity index (χ4n) is 2.24. The lowest BCUT2D eigenvalue weighted by Crippen LogP contribution is -2.45. The summed E-state index contributed by atoms with van der Waals surface area (Å²) in [6.45, 7) is 0. The zero-order valence-electron chi connectivity index (χ0n) is 11.5. The number of carbonyl (C=O) groups is 2. The molecule has 6 heteroatoms. The van der Waals surface area contributed by atoms with E-state index >= 15 is 0 Å². The van der Waals surface area contributed by atoms with E-state index < -0.39 is 11.7 Å². The molecule has 112 valence electrons.